The van der Waals surface area contributed by atoms with Crippen molar-refractivity contribution in [3.8, 4) is 0 Å². The zero-order valence-electron chi connectivity index (χ0n) is 12.1. The van der Waals surface area contributed by atoms with Gasteiger partial charge in [-0.05, 0) is 52.5 Å². The summed E-state index contributed by atoms with van der Waals surface area (Å²) in [5.74, 6) is -2.05. The molecule has 4 heteroatoms. The van der Waals surface area contributed by atoms with Crippen LogP contribution in [0.3, 0.4) is 0 Å². The minimum Gasteiger partial charge on any atom is -0.379 e. The van der Waals surface area contributed by atoms with Crippen LogP contribution in [-0.4, -0.2) is 31.7 Å². The van der Waals surface area contributed by atoms with Crippen molar-refractivity contribution in [2.75, 3.05) is 14.2 Å². The van der Waals surface area contributed by atoms with Gasteiger partial charge in [0.2, 0.25) is 5.92 Å². The van der Waals surface area contributed by atoms with Crippen LogP contribution in [0, 0.1) is 5.92 Å². The maximum atomic E-state index is 13.1. The molecule has 0 bridgehead atoms. The van der Waals surface area contributed by atoms with E-state index in [-0.39, 0.29) is 18.4 Å². The Morgan fingerprint density at radius 2 is 1.89 bits per heavy atom. The van der Waals surface area contributed by atoms with E-state index in [2.05, 4.69) is 19.2 Å². The first-order valence-corrected chi connectivity index (χ1v) is 6.90. The van der Waals surface area contributed by atoms with Gasteiger partial charge >= 0.3 is 0 Å². The molecule has 18 heavy (non-hydrogen) atoms. The maximum Gasteiger partial charge on any atom is 0.248 e. The van der Waals surface area contributed by atoms with E-state index >= 15 is 0 Å². The SMILES string of the molecule is CNC(CCC(C)(C)OC)C1CCC(F)(F)CC1. The van der Waals surface area contributed by atoms with Gasteiger partial charge in [-0.25, -0.2) is 8.78 Å². The molecule has 0 heterocycles. The van der Waals surface area contributed by atoms with E-state index in [1.165, 1.54) is 0 Å². The highest BCUT2D eigenvalue weighted by Crippen LogP contribution is 2.38. The second-order valence-corrected chi connectivity index (χ2v) is 6.09. The summed E-state index contributed by atoms with van der Waals surface area (Å²) >= 11 is 0. The first-order chi connectivity index (χ1) is 8.29. The highest BCUT2D eigenvalue weighted by atomic mass is 19.3. The van der Waals surface area contributed by atoms with Crippen molar-refractivity contribution in [3.05, 3.63) is 0 Å². The maximum absolute atomic E-state index is 13.1. The van der Waals surface area contributed by atoms with E-state index in [0.717, 1.165) is 12.8 Å². The van der Waals surface area contributed by atoms with Crippen LogP contribution in [0.4, 0.5) is 8.78 Å². The number of rotatable bonds is 6. The Hall–Kier alpha value is -0.220. The van der Waals surface area contributed by atoms with Gasteiger partial charge in [-0.1, -0.05) is 0 Å². The standard InChI is InChI=1S/C14H27F2NO/c1-13(2,18-4)8-7-12(17-3)11-5-9-14(15,16)10-6-11/h11-12,17H,5-10H2,1-4H3. The lowest BCUT2D eigenvalue weighted by Gasteiger charge is -2.35. The van der Waals surface area contributed by atoms with Crippen molar-refractivity contribution >= 4 is 0 Å². The molecule has 2 nitrogen and oxygen atoms in total. The summed E-state index contributed by atoms with van der Waals surface area (Å²) in [4.78, 5) is 0. The monoisotopic (exact) mass is 263 g/mol. The zero-order chi connectivity index (χ0) is 13.8. The van der Waals surface area contributed by atoms with Crippen molar-refractivity contribution in [1.82, 2.24) is 5.32 Å². The number of halogens is 2. The number of methoxy groups -OCH3 is 1. The molecule has 0 aromatic carbocycles. The summed E-state index contributed by atoms with van der Waals surface area (Å²) in [7, 11) is 3.65. The lowest BCUT2D eigenvalue weighted by molar-refractivity contribution is -0.0512. The smallest absolute Gasteiger partial charge is 0.248 e. The van der Waals surface area contributed by atoms with E-state index in [0.29, 0.717) is 24.8 Å². The summed E-state index contributed by atoms with van der Waals surface area (Å²) in [6.45, 7) is 4.13. The van der Waals surface area contributed by atoms with Crippen LogP contribution in [0.1, 0.15) is 52.4 Å². The normalized spacial score (nSPS) is 23.0. The van der Waals surface area contributed by atoms with E-state index in [9.17, 15) is 8.78 Å². The quantitative estimate of drug-likeness (QED) is 0.790. The largest absolute Gasteiger partial charge is 0.379 e. The fourth-order valence-corrected chi connectivity index (χ4v) is 2.69. The molecule has 1 saturated carbocycles. The minimum atomic E-state index is -2.43. The first-order valence-electron chi connectivity index (χ1n) is 6.90. The second-order valence-electron chi connectivity index (χ2n) is 6.09. The Bertz CT molecular complexity index is 246. The van der Waals surface area contributed by atoms with Crippen LogP contribution in [0.15, 0.2) is 0 Å². The van der Waals surface area contributed by atoms with Gasteiger partial charge in [-0.15, -0.1) is 0 Å². The molecule has 0 aromatic heterocycles. The molecule has 1 unspecified atom stereocenters. The molecule has 0 aliphatic heterocycles. The zero-order valence-corrected chi connectivity index (χ0v) is 12.1. The van der Waals surface area contributed by atoms with Crippen LogP contribution in [-0.2, 0) is 4.74 Å². The Morgan fingerprint density at radius 3 is 2.33 bits per heavy atom. The van der Waals surface area contributed by atoms with Crippen molar-refractivity contribution in [2.45, 2.75) is 69.9 Å². The molecular weight excluding hydrogens is 236 g/mol. The van der Waals surface area contributed by atoms with Crippen molar-refractivity contribution in [2.24, 2.45) is 5.92 Å². The number of nitrogens with one attached hydrogen (secondary N) is 1. The van der Waals surface area contributed by atoms with Gasteiger partial charge in [-0.3, -0.25) is 0 Å². The van der Waals surface area contributed by atoms with Gasteiger partial charge in [0.25, 0.3) is 0 Å². The third-order valence-corrected chi connectivity index (χ3v) is 4.31. The lowest BCUT2D eigenvalue weighted by Crippen LogP contribution is -2.39. The van der Waals surface area contributed by atoms with Crippen molar-refractivity contribution in [1.29, 1.82) is 0 Å². The van der Waals surface area contributed by atoms with E-state index in [1.54, 1.807) is 7.11 Å². The van der Waals surface area contributed by atoms with Crippen LogP contribution in [0.5, 0.6) is 0 Å². The van der Waals surface area contributed by atoms with Crippen LogP contribution >= 0.6 is 0 Å². The highest BCUT2D eigenvalue weighted by Gasteiger charge is 2.37. The Morgan fingerprint density at radius 1 is 1.33 bits per heavy atom. The average molecular weight is 263 g/mol. The molecule has 1 fully saturated rings. The molecule has 0 spiro atoms. The molecule has 1 rings (SSSR count). The molecule has 0 radical (unpaired) electrons. The molecule has 108 valence electrons. The topological polar surface area (TPSA) is 21.3 Å². The minimum absolute atomic E-state index is 0.0452. The Balaban J connectivity index is 2.42. The fourth-order valence-electron chi connectivity index (χ4n) is 2.69. The molecule has 1 aliphatic rings. The summed E-state index contributed by atoms with van der Waals surface area (Å²) in [5, 5.41) is 3.30. The van der Waals surface area contributed by atoms with E-state index < -0.39 is 5.92 Å². The molecule has 0 aromatic rings. The number of ether oxygens (including phenoxy) is 1. The van der Waals surface area contributed by atoms with Crippen LogP contribution < -0.4 is 5.32 Å². The van der Waals surface area contributed by atoms with Gasteiger partial charge < -0.3 is 10.1 Å². The molecular formula is C14H27F2NO. The number of hydrogen-bond acceptors (Lipinski definition) is 2. The summed E-state index contributed by atoms with van der Waals surface area (Å²) in [6.07, 6.45) is 3.28. The second kappa shape index (κ2) is 6.29. The Labute approximate surface area is 109 Å². The third kappa shape index (κ3) is 4.81. The highest BCUT2D eigenvalue weighted by molar-refractivity contribution is 4.85. The molecule has 0 amide bonds. The fraction of sp³-hybridized carbons (Fsp3) is 1.00. The number of hydrogen-bond donors (Lipinski definition) is 1. The van der Waals surface area contributed by atoms with Gasteiger partial charge in [0.15, 0.2) is 0 Å². The lowest BCUT2D eigenvalue weighted by atomic mass is 9.79. The summed E-state index contributed by atoms with van der Waals surface area (Å²) in [5.41, 5.74) is -0.131. The third-order valence-electron chi connectivity index (χ3n) is 4.31. The average Bonchev–Trinajstić information content (AvgIpc) is 2.31. The van der Waals surface area contributed by atoms with E-state index in [4.69, 9.17) is 4.74 Å². The first kappa shape index (κ1) is 15.8. The van der Waals surface area contributed by atoms with Gasteiger partial charge in [-0.2, -0.15) is 0 Å². The van der Waals surface area contributed by atoms with Crippen LogP contribution in [0.25, 0.3) is 0 Å². The molecule has 1 aliphatic carbocycles. The van der Waals surface area contributed by atoms with Crippen molar-refractivity contribution < 1.29 is 13.5 Å². The van der Waals surface area contributed by atoms with Crippen LogP contribution in [0.2, 0.25) is 0 Å². The van der Waals surface area contributed by atoms with Crippen molar-refractivity contribution in [3.63, 3.8) is 0 Å². The molecule has 0 saturated heterocycles. The summed E-state index contributed by atoms with van der Waals surface area (Å²) < 4.78 is 31.7. The Kier molecular flexibility index (Phi) is 5.53. The van der Waals surface area contributed by atoms with Gasteiger partial charge in [0.05, 0.1) is 5.60 Å². The summed E-state index contributed by atoms with van der Waals surface area (Å²) in [6, 6.07) is 0.329. The molecule has 1 N–H and O–H groups in total. The predicted molar refractivity (Wildman–Crippen MR) is 70.1 cm³/mol. The van der Waals surface area contributed by atoms with Gasteiger partial charge in [0.1, 0.15) is 0 Å². The number of alkyl halides is 2. The van der Waals surface area contributed by atoms with Gasteiger partial charge in [0, 0.05) is 26.0 Å². The molecule has 1 atom stereocenters. The predicted octanol–water partition coefficient (Wildman–Crippen LogP) is 3.61. The van der Waals surface area contributed by atoms with E-state index in [1.807, 2.05) is 7.05 Å².